The zero-order valence-corrected chi connectivity index (χ0v) is 20.1. The second-order valence-corrected chi connectivity index (χ2v) is 9.63. The van der Waals surface area contributed by atoms with Crippen LogP contribution in [0.25, 0.3) is 0 Å². The number of hydrogen-bond donors (Lipinski definition) is 2. The van der Waals surface area contributed by atoms with Gasteiger partial charge in [-0.3, -0.25) is 4.79 Å². The van der Waals surface area contributed by atoms with Gasteiger partial charge in [0.05, 0.1) is 12.3 Å². The van der Waals surface area contributed by atoms with E-state index in [2.05, 4.69) is 60.0 Å². The van der Waals surface area contributed by atoms with Crippen LogP contribution in [0.1, 0.15) is 43.7 Å². The van der Waals surface area contributed by atoms with Crippen molar-refractivity contribution >= 4 is 39.8 Å². The van der Waals surface area contributed by atoms with Crippen molar-refractivity contribution in [1.29, 1.82) is 0 Å². The van der Waals surface area contributed by atoms with E-state index in [1.165, 1.54) is 11.2 Å². The molecule has 5 nitrogen and oxygen atoms in total. The molecule has 1 aromatic carbocycles. The largest absolute Gasteiger partial charge is 0.459 e. The van der Waals surface area contributed by atoms with Crippen molar-refractivity contribution in [2.75, 3.05) is 16.9 Å². The molecule has 0 fully saturated rings. The number of furan rings is 1. The number of carbonyl (C=O) groups is 1. The van der Waals surface area contributed by atoms with E-state index in [9.17, 15) is 4.79 Å². The first-order chi connectivity index (χ1) is 15.5. The number of benzene rings is 1. The summed E-state index contributed by atoms with van der Waals surface area (Å²) in [5.74, 6) is 0.812. The van der Waals surface area contributed by atoms with Gasteiger partial charge >= 0.3 is 0 Å². The number of nitrogens with zero attached hydrogens (tertiary/aromatic N) is 1. The number of thiophene rings is 1. The lowest BCUT2D eigenvalue weighted by molar-refractivity contribution is 0.0997. The van der Waals surface area contributed by atoms with Gasteiger partial charge in [0, 0.05) is 21.5 Å². The van der Waals surface area contributed by atoms with Crippen molar-refractivity contribution in [3.05, 3.63) is 93.9 Å². The summed E-state index contributed by atoms with van der Waals surface area (Å²) < 4.78 is 5.29. The van der Waals surface area contributed by atoms with Crippen LogP contribution < -0.4 is 10.6 Å². The van der Waals surface area contributed by atoms with E-state index >= 15 is 0 Å². The highest BCUT2D eigenvalue weighted by Crippen LogP contribution is 2.41. The Hall–Kier alpha value is -3.03. The Morgan fingerprint density at radius 3 is 2.56 bits per heavy atom. The van der Waals surface area contributed by atoms with Crippen LogP contribution in [0.15, 0.2) is 70.3 Å². The first-order valence-electron chi connectivity index (χ1n) is 10.2. The maximum absolute atomic E-state index is 12.8. The molecule has 2 N–H and O–H groups in total. The Morgan fingerprint density at radius 1 is 1.12 bits per heavy atom. The number of nitrogens with one attached hydrogen (secondary N) is 2. The van der Waals surface area contributed by atoms with Crippen LogP contribution in [0, 0.1) is 20.8 Å². The van der Waals surface area contributed by atoms with Crippen molar-refractivity contribution in [1.82, 2.24) is 4.98 Å². The number of amides is 1. The SMILES string of the molecule is CSc1ccc(C(Nc2cc(C)ccn2)c2c(NC(=O)c3ccco3)sc(C)c2C)cc1. The number of anilines is 2. The lowest BCUT2D eigenvalue weighted by Crippen LogP contribution is -2.17. The van der Waals surface area contributed by atoms with Crippen molar-refractivity contribution in [3.8, 4) is 0 Å². The van der Waals surface area contributed by atoms with Crippen LogP contribution in [0.4, 0.5) is 10.8 Å². The van der Waals surface area contributed by atoms with Gasteiger partial charge in [0.2, 0.25) is 0 Å². The summed E-state index contributed by atoms with van der Waals surface area (Å²) >= 11 is 3.28. The average Bonchev–Trinajstić information content (AvgIpc) is 3.42. The highest BCUT2D eigenvalue weighted by atomic mass is 32.2. The third-order valence-corrected chi connectivity index (χ3v) is 7.23. The molecule has 0 aliphatic heterocycles. The number of hydrogen-bond acceptors (Lipinski definition) is 6. The average molecular weight is 464 g/mol. The quantitative estimate of drug-likeness (QED) is 0.294. The fourth-order valence-corrected chi connectivity index (χ4v) is 5.04. The van der Waals surface area contributed by atoms with Gasteiger partial charge in [-0.15, -0.1) is 23.1 Å². The molecule has 0 aliphatic carbocycles. The molecule has 1 atom stereocenters. The van der Waals surface area contributed by atoms with Crippen LogP contribution in [0.5, 0.6) is 0 Å². The highest BCUT2D eigenvalue weighted by molar-refractivity contribution is 7.98. The molecule has 0 aliphatic rings. The third kappa shape index (κ3) is 4.74. The molecule has 32 heavy (non-hydrogen) atoms. The zero-order valence-electron chi connectivity index (χ0n) is 18.4. The van der Waals surface area contributed by atoms with Crippen molar-refractivity contribution in [3.63, 3.8) is 0 Å². The van der Waals surface area contributed by atoms with Crippen molar-refractivity contribution < 1.29 is 9.21 Å². The molecular weight excluding hydrogens is 438 g/mol. The first kappa shape index (κ1) is 22.2. The number of aryl methyl sites for hydroxylation is 2. The van der Waals surface area contributed by atoms with Crippen molar-refractivity contribution in [2.45, 2.75) is 31.7 Å². The summed E-state index contributed by atoms with van der Waals surface area (Å²) in [6.45, 7) is 6.22. The maximum Gasteiger partial charge on any atom is 0.291 e. The predicted molar refractivity (Wildman–Crippen MR) is 133 cm³/mol. The van der Waals surface area contributed by atoms with Gasteiger partial charge in [0.15, 0.2) is 5.76 Å². The second-order valence-electron chi connectivity index (χ2n) is 7.53. The first-order valence-corrected chi connectivity index (χ1v) is 12.3. The minimum absolute atomic E-state index is 0.183. The zero-order chi connectivity index (χ0) is 22.7. The second kappa shape index (κ2) is 9.63. The van der Waals surface area contributed by atoms with Crippen LogP contribution >= 0.6 is 23.1 Å². The molecule has 3 aromatic heterocycles. The van der Waals surface area contributed by atoms with E-state index in [1.807, 2.05) is 19.1 Å². The highest BCUT2D eigenvalue weighted by Gasteiger charge is 2.25. The Kier molecular flexibility index (Phi) is 6.67. The molecule has 0 radical (unpaired) electrons. The molecule has 4 rings (SSSR count). The normalized spacial score (nSPS) is 11.9. The van der Waals surface area contributed by atoms with Gasteiger partial charge in [-0.25, -0.2) is 4.98 Å². The molecule has 0 bridgehead atoms. The monoisotopic (exact) mass is 463 g/mol. The van der Waals surface area contributed by atoms with E-state index in [0.29, 0.717) is 0 Å². The number of rotatable bonds is 7. The van der Waals surface area contributed by atoms with Crippen LogP contribution in [-0.2, 0) is 0 Å². The van der Waals surface area contributed by atoms with Crippen LogP contribution in [0.2, 0.25) is 0 Å². The molecule has 0 saturated heterocycles. The third-order valence-electron chi connectivity index (χ3n) is 5.35. The Morgan fingerprint density at radius 2 is 1.91 bits per heavy atom. The minimum Gasteiger partial charge on any atom is -0.459 e. The van der Waals surface area contributed by atoms with E-state index in [-0.39, 0.29) is 17.7 Å². The Balaban J connectivity index is 1.78. The summed E-state index contributed by atoms with van der Waals surface area (Å²) in [4.78, 5) is 19.6. The predicted octanol–water partition coefficient (Wildman–Crippen LogP) is 6.84. The maximum atomic E-state index is 12.8. The lowest BCUT2D eigenvalue weighted by atomic mass is 9.96. The fourth-order valence-electron chi connectivity index (χ4n) is 3.54. The number of carbonyl (C=O) groups excluding carboxylic acids is 1. The number of aromatic nitrogens is 1. The summed E-state index contributed by atoms with van der Waals surface area (Å²) in [6.07, 6.45) is 5.37. The molecule has 1 amide bonds. The minimum atomic E-state index is -0.261. The molecule has 0 saturated carbocycles. The molecule has 164 valence electrons. The smallest absolute Gasteiger partial charge is 0.291 e. The van der Waals surface area contributed by atoms with E-state index in [0.717, 1.165) is 37.9 Å². The molecule has 1 unspecified atom stereocenters. The standard InChI is InChI=1S/C25H25N3O2S2/c1-15-11-12-26-21(14-15)27-23(18-7-9-19(31-4)10-8-18)22-16(2)17(3)32-25(22)28-24(29)20-6-5-13-30-20/h5-14,23H,1-4H3,(H,26,27)(H,28,29). The fraction of sp³-hybridized carbons (Fsp3) is 0.200. The summed E-state index contributed by atoms with van der Waals surface area (Å²) in [6, 6.07) is 15.7. The Labute approximate surface area is 196 Å². The summed E-state index contributed by atoms with van der Waals surface area (Å²) in [7, 11) is 0. The van der Waals surface area contributed by atoms with Gasteiger partial charge < -0.3 is 15.1 Å². The Bertz CT molecular complexity index is 1210. The van der Waals surface area contributed by atoms with Gasteiger partial charge in [-0.1, -0.05) is 12.1 Å². The summed E-state index contributed by atoms with van der Waals surface area (Å²) in [5, 5.41) is 7.48. The molecule has 7 heteroatoms. The van der Waals surface area contributed by atoms with E-state index in [4.69, 9.17) is 4.42 Å². The van der Waals surface area contributed by atoms with Crippen molar-refractivity contribution in [2.24, 2.45) is 0 Å². The molecular formula is C25H25N3O2S2. The number of thioether (sulfide) groups is 1. The topological polar surface area (TPSA) is 67.2 Å². The van der Waals surface area contributed by atoms with Gasteiger partial charge in [0.1, 0.15) is 10.8 Å². The van der Waals surface area contributed by atoms with Gasteiger partial charge in [-0.05, 0) is 80.1 Å². The van der Waals surface area contributed by atoms with E-state index < -0.39 is 0 Å². The van der Waals surface area contributed by atoms with Crippen LogP contribution in [0.3, 0.4) is 0 Å². The van der Waals surface area contributed by atoms with Gasteiger partial charge in [0.25, 0.3) is 5.91 Å². The number of pyridine rings is 1. The lowest BCUT2D eigenvalue weighted by Gasteiger charge is -2.22. The summed E-state index contributed by atoms with van der Waals surface area (Å²) in [5.41, 5.74) is 4.40. The van der Waals surface area contributed by atoms with Crippen LogP contribution in [-0.4, -0.2) is 17.1 Å². The van der Waals surface area contributed by atoms with Gasteiger partial charge in [-0.2, -0.15) is 0 Å². The molecule has 4 aromatic rings. The van der Waals surface area contributed by atoms with E-state index in [1.54, 1.807) is 41.4 Å². The molecule has 0 spiro atoms. The molecule has 3 heterocycles.